The topological polar surface area (TPSA) is 73.6 Å². The van der Waals surface area contributed by atoms with Crippen molar-refractivity contribution >= 4 is 18.3 Å². The molecule has 110 valence electrons. The van der Waals surface area contributed by atoms with E-state index in [1.807, 2.05) is 0 Å². The fourth-order valence-electron chi connectivity index (χ4n) is 3.71. The number of nitrogens with one attached hydrogen (secondary N) is 1. The monoisotopic (exact) mass is 290 g/mol. The molecule has 0 spiro atoms. The van der Waals surface area contributed by atoms with Crippen LogP contribution in [0.25, 0.3) is 0 Å². The highest BCUT2D eigenvalue weighted by Crippen LogP contribution is 2.47. The van der Waals surface area contributed by atoms with Crippen LogP contribution < -0.4 is 11.1 Å². The molecule has 3 fully saturated rings. The Hall–Kier alpha value is -0.360. The van der Waals surface area contributed by atoms with Gasteiger partial charge in [-0.1, -0.05) is 0 Å². The lowest BCUT2D eigenvalue weighted by molar-refractivity contribution is -0.129. The lowest BCUT2D eigenvalue weighted by atomic mass is 9.84. The van der Waals surface area contributed by atoms with Gasteiger partial charge < -0.3 is 20.5 Å². The number of amides is 1. The molecule has 1 amide bonds. The average molecular weight is 291 g/mol. The summed E-state index contributed by atoms with van der Waals surface area (Å²) in [4.78, 5) is 12.2. The number of ether oxygens (including phenoxy) is 2. The van der Waals surface area contributed by atoms with E-state index in [0.29, 0.717) is 38.2 Å². The Kier molecular flexibility index (Phi) is 5.06. The highest BCUT2D eigenvalue weighted by atomic mass is 35.5. The van der Waals surface area contributed by atoms with E-state index < -0.39 is 0 Å². The van der Waals surface area contributed by atoms with Gasteiger partial charge in [0.1, 0.15) is 0 Å². The van der Waals surface area contributed by atoms with Crippen molar-refractivity contribution in [2.45, 2.75) is 31.4 Å². The summed E-state index contributed by atoms with van der Waals surface area (Å²) in [5.41, 5.74) is 6.16. The summed E-state index contributed by atoms with van der Waals surface area (Å²) < 4.78 is 10.8. The molecule has 3 aliphatic rings. The third-order valence-corrected chi connectivity index (χ3v) is 4.67. The Morgan fingerprint density at radius 3 is 2.68 bits per heavy atom. The first-order valence-corrected chi connectivity index (χ1v) is 6.98. The Morgan fingerprint density at radius 2 is 2.05 bits per heavy atom. The van der Waals surface area contributed by atoms with E-state index in [0.717, 1.165) is 6.42 Å². The average Bonchev–Trinajstić information content (AvgIpc) is 2.98. The summed E-state index contributed by atoms with van der Waals surface area (Å²) in [5.74, 6) is 1.21. The van der Waals surface area contributed by atoms with Crippen molar-refractivity contribution in [2.24, 2.45) is 23.5 Å². The van der Waals surface area contributed by atoms with Gasteiger partial charge in [-0.25, -0.2) is 0 Å². The predicted octanol–water partition coefficient (Wildman–Crippen LogP) is 0.313. The molecule has 0 aromatic heterocycles. The first-order chi connectivity index (χ1) is 8.75. The third kappa shape index (κ3) is 3.05. The second-order valence-corrected chi connectivity index (χ2v) is 5.75. The van der Waals surface area contributed by atoms with E-state index in [1.54, 1.807) is 0 Å². The molecule has 0 aromatic rings. The molecule has 6 heteroatoms. The van der Waals surface area contributed by atoms with Gasteiger partial charge in [0.15, 0.2) is 0 Å². The highest BCUT2D eigenvalue weighted by molar-refractivity contribution is 5.85. The van der Waals surface area contributed by atoms with Crippen LogP contribution in [-0.2, 0) is 14.3 Å². The fourth-order valence-corrected chi connectivity index (χ4v) is 3.71. The van der Waals surface area contributed by atoms with E-state index in [9.17, 15) is 4.79 Å². The van der Waals surface area contributed by atoms with E-state index >= 15 is 0 Å². The molecule has 19 heavy (non-hydrogen) atoms. The zero-order valence-corrected chi connectivity index (χ0v) is 11.9. The highest BCUT2D eigenvalue weighted by Gasteiger charge is 2.49. The van der Waals surface area contributed by atoms with Crippen molar-refractivity contribution in [3.05, 3.63) is 0 Å². The molecule has 5 nitrogen and oxygen atoms in total. The van der Waals surface area contributed by atoms with Gasteiger partial charge in [-0.15, -0.1) is 12.4 Å². The molecular weight excluding hydrogens is 268 g/mol. The summed E-state index contributed by atoms with van der Waals surface area (Å²) in [6.07, 6.45) is 3.51. The van der Waals surface area contributed by atoms with Crippen LogP contribution in [0.5, 0.6) is 0 Å². The lowest BCUT2D eigenvalue weighted by Crippen LogP contribution is -2.48. The number of nitrogens with two attached hydrogens (primary N) is 1. The van der Waals surface area contributed by atoms with Gasteiger partial charge in [0.2, 0.25) is 5.91 Å². The molecule has 5 unspecified atom stereocenters. The molecule has 1 saturated heterocycles. The predicted molar refractivity (Wildman–Crippen MR) is 73.1 cm³/mol. The van der Waals surface area contributed by atoms with E-state index in [-0.39, 0.29) is 36.4 Å². The Balaban J connectivity index is 0.00000133. The van der Waals surface area contributed by atoms with E-state index in [1.165, 1.54) is 12.8 Å². The van der Waals surface area contributed by atoms with Crippen molar-refractivity contribution in [1.29, 1.82) is 0 Å². The SMILES string of the molecule is Cl.NC1C2CCC(C2)C1C(=O)NCC1COCCO1. The van der Waals surface area contributed by atoms with Gasteiger partial charge in [-0.3, -0.25) is 4.79 Å². The van der Waals surface area contributed by atoms with Crippen molar-refractivity contribution < 1.29 is 14.3 Å². The van der Waals surface area contributed by atoms with Crippen LogP contribution in [0.15, 0.2) is 0 Å². The minimum absolute atomic E-state index is 0. The maximum atomic E-state index is 12.2. The standard InChI is InChI=1S/C13H22N2O3.ClH/c14-12-9-2-1-8(5-9)11(12)13(16)15-6-10-7-17-3-4-18-10;/h8-12H,1-7,14H2,(H,15,16);1H. The zero-order chi connectivity index (χ0) is 12.5. The Labute approximate surface area is 120 Å². The van der Waals surface area contributed by atoms with E-state index in [4.69, 9.17) is 15.2 Å². The summed E-state index contributed by atoms with van der Waals surface area (Å²) in [6, 6.07) is 0.0623. The minimum atomic E-state index is -0.00230. The molecule has 2 aliphatic carbocycles. The molecule has 3 N–H and O–H groups in total. The number of hydrogen-bond acceptors (Lipinski definition) is 4. The smallest absolute Gasteiger partial charge is 0.225 e. The molecule has 0 aromatic carbocycles. The number of carbonyl (C=O) groups is 1. The van der Waals surface area contributed by atoms with E-state index in [2.05, 4.69) is 5.32 Å². The van der Waals surface area contributed by atoms with Crippen molar-refractivity contribution in [3.63, 3.8) is 0 Å². The van der Waals surface area contributed by atoms with Gasteiger partial charge in [-0.2, -0.15) is 0 Å². The van der Waals surface area contributed by atoms with Crippen LogP contribution in [-0.4, -0.2) is 44.4 Å². The number of carbonyl (C=O) groups excluding carboxylic acids is 1. The first-order valence-electron chi connectivity index (χ1n) is 6.98. The van der Waals surface area contributed by atoms with Gasteiger partial charge >= 0.3 is 0 Å². The quantitative estimate of drug-likeness (QED) is 0.785. The normalized spacial score (nSPS) is 40.8. The molecule has 1 aliphatic heterocycles. The molecular formula is C13H23ClN2O3. The summed E-state index contributed by atoms with van der Waals surface area (Å²) in [5, 5.41) is 2.99. The summed E-state index contributed by atoms with van der Waals surface area (Å²) in [7, 11) is 0. The van der Waals surface area contributed by atoms with Crippen LogP contribution in [0.4, 0.5) is 0 Å². The fraction of sp³-hybridized carbons (Fsp3) is 0.923. The van der Waals surface area contributed by atoms with Gasteiger partial charge in [0.05, 0.1) is 31.8 Å². The van der Waals surface area contributed by atoms with Gasteiger partial charge in [0.25, 0.3) is 0 Å². The maximum absolute atomic E-state index is 12.2. The third-order valence-electron chi connectivity index (χ3n) is 4.67. The largest absolute Gasteiger partial charge is 0.376 e. The molecule has 3 rings (SSSR count). The first kappa shape index (κ1) is 15.0. The van der Waals surface area contributed by atoms with Crippen LogP contribution in [0.2, 0.25) is 0 Å². The number of hydrogen-bond donors (Lipinski definition) is 2. The molecule has 0 radical (unpaired) electrons. The molecule has 1 heterocycles. The van der Waals surface area contributed by atoms with Crippen molar-refractivity contribution in [2.75, 3.05) is 26.4 Å². The van der Waals surface area contributed by atoms with Gasteiger partial charge in [0, 0.05) is 12.6 Å². The second-order valence-electron chi connectivity index (χ2n) is 5.75. The lowest BCUT2D eigenvalue weighted by Gasteiger charge is -2.28. The summed E-state index contributed by atoms with van der Waals surface area (Å²) >= 11 is 0. The van der Waals surface area contributed by atoms with Crippen LogP contribution >= 0.6 is 12.4 Å². The van der Waals surface area contributed by atoms with Crippen LogP contribution in [0, 0.1) is 17.8 Å². The Bertz CT molecular complexity index is 321. The van der Waals surface area contributed by atoms with Crippen LogP contribution in [0.3, 0.4) is 0 Å². The Morgan fingerprint density at radius 1 is 1.26 bits per heavy atom. The second kappa shape index (κ2) is 6.39. The molecule has 2 saturated carbocycles. The van der Waals surface area contributed by atoms with Crippen molar-refractivity contribution in [1.82, 2.24) is 5.32 Å². The summed E-state index contributed by atoms with van der Waals surface area (Å²) in [6.45, 7) is 2.39. The molecule has 2 bridgehead atoms. The maximum Gasteiger partial charge on any atom is 0.225 e. The van der Waals surface area contributed by atoms with Gasteiger partial charge in [-0.05, 0) is 31.1 Å². The van der Waals surface area contributed by atoms with Crippen LogP contribution in [0.1, 0.15) is 19.3 Å². The van der Waals surface area contributed by atoms with Crippen molar-refractivity contribution in [3.8, 4) is 0 Å². The molecule has 5 atom stereocenters. The number of fused-ring (bicyclic) bond motifs is 2. The minimum Gasteiger partial charge on any atom is -0.376 e. The zero-order valence-electron chi connectivity index (χ0n) is 11.0. The number of rotatable bonds is 3. The number of halogens is 1.